The van der Waals surface area contributed by atoms with Gasteiger partial charge in [0, 0.05) is 19.1 Å². The summed E-state index contributed by atoms with van der Waals surface area (Å²) in [5.74, 6) is -0.117. The molecule has 0 aromatic heterocycles. The summed E-state index contributed by atoms with van der Waals surface area (Å²) in [7, 11) is -3.42. The number of hydrogen-bond acceptors (Lipinski definition) is 3. The minimum absolute atomic E-state index is 0.117. The zero-order valence-corrected chi connectivity index (χ0v) is 16.8. The van der Waals surface area contributed by atoms with Crippen molar-refractivity contribution in [3.8, 4) is 0 Å². The van der Waals surface area contributed by atoms with Gasteiger partial charge in [0.25, 0.3) is 0 Å². The Morgan fingerprint density at radius 2 is 1.52 bits per heavy atom. The van der Waals surface area contributed by atoms with Crippen LogP contribution in [0.2, 0.25) is 0 Å². The predicted molar refractivity (Wildman–Crippen MR) is 108 cm³/mol. The molecule has 146 valence electrons. The average molecular weight is 390 g/mol. The van der Waals surface area contributed by atoms with E-state index in [1.165, 1.54) is 5.56 Å². The normalized spacial score (nSPS) is 11.4. The van der Waals surface area contributed by atoms with Gasteiger partial charge in [0.05, 0.1) is 5.75 Å². The first-order valence-electron chi connectivity index (χ1n) is 8.89. The van der Waals surface area contributed by atoms with Crippen molar-refractivity contribution < 1.29 is 13.2 Å². The number of aryl methyl sites for hydroxylation is 1. The third-order valence-corrected chi connectivity index (χ3v) is 5.41. The van der Waals surface area contributed by atoms with Crippen LogP contribution < -0.4 is 15.4 Å². The van der Waals surface area contributed by atoms with Crippen molar-refractivity contribution in [1.29, 1.82) is 0 Å². The molecule has 7 heteroatoms. The fourth-order valence-corrected chi connectivity index (χ4v) is 4.10. The van der Waals surface area contributed by atoms with Crippen molar-refractivity contribution in [2.45, 2.75) is 45.7 Å². The Balaban J connectivity index is 1.91. The summed E-state index contributed by atoms with van der Waals surface area (Å²) in [5.41, 5.74) is 3.63. The first-order chi connectivity index (χ1) is 12.7. The van der Waals surface area contributed by atoms with Crippen LogP contribution >= 0.6 is 0 Å². The summed E-state index contributed by atoms with van der Waals surface area (Å²) in [5, 5.41) is 5.58. The van der Waals surface area contributed by atoms with Crippen LogP contribution in [0, 0.1) is 6.92 Å². The van der Waals surface area contributed by atoms with E-state index in [1.807, 2.05) is 43.3 Å². The van der Waals surface area contributed by atoms with Crippen molar-refractivity contribution in [2.75, 3.05) is 0 Å². The first kappa shape index (κ1) is 20.9. The molecular weight excluding hydrogens is 362 g/mol. The SMILES string of the molecule is Cc1ccc(CNC(=O)NCc2ccccc2CS(=O)(=O)NC(C)C)cc1. The summed E-state index contributed by atoms with van der Waals surface area (Å²) in [6.07, 6.45) is 0. The number of hydrogen-bond donors (Lipinski definition) is 3. The highest BCUT2D eigenvalue weighted by Gasteiger charge is 2.15. The largest absolute Gasteiger partial charge is 0.334 e. The van der Waals surface area contributed by atoms with Crippen LogP contribution in [0.5, 0.6) is 0 Å². The maximum atomic E-state index is 12.2. The van der Waals surface area contributed by atoms with E-state index < -0.39 is 10.0 Å². The molecule has 0 aliphatic rings. The summed E-state index contributed by atoms with van der Waals surface area (Å²) in [6, 6.07) is 14.7. The Morgan fingerprint density at radius 3 is 2.15 bits per heavy atom. The van der Waals surface area contributed by atoms with E-state index in [0.29, 0.717) is 12.1 Å². The zero-order chi connectivity index (χ0) is 19.9. The van der Waals surface area contributed by atoms with Crippen molar-refractivity contribution in [3.05, 3.63) is 70.8 Å². The smallest absolute Gasteiger partial charge is 0.315 e. The van der Waals surface area contributed by atoms with Crippen molar-refractivity contribution in [3.63, 3.8) is 0 Å². The second kappa shape index (κ2) is 9.53. The standard InChI is InChI=1S/C20H27N3O3S/c1-15(2)23-27(25,26)14-19-7-5-4-6-18(19)13-22-20(24)21-12-17-10-8-16(3)9-11-17/h4-11,15,23H,12-14H2,1-3H3,(H2,21,22,24). The highest BCUT2D eigenvalue weighted by Crippen LogP contribution is 2.12. The number of benzene rings is 2. The number of nitrogens with one attached hydrogen (secondary N) is 3. The monoisotopic (exact) mass is 389 g/mol. The van der Waals surface area contributed by atoms with E-state index in [-0.39, 0.29) is 24.4 Å². The highest BCUT2D eigenvalue weighted by molar-refractivity contribution is 7.88. The lowest BCUT2D eigenvalue weighted by Crippen LogP contribution is -2.35. The lowest BCUT2D eigenvalue weighted by molar-refractivity contribution is 0.240. The lowest BCUT2D eigenvalue weighted by atomic mass is 10.1. The fraction of sp³-hybridized carbons (Fsp3) is 0.350. The van der Waals surface area contributed by atoms with Gasteiger partial charge in [0.2, 0.25) is 10.0 Å². The van der Waals surface area contributed by atoms with Gasteiger partial charge in [-0.3, -0.25) is 0 Å². The molecule has 2 amide bonds. The zero-order valence-electron chi connectivity index (χ0n) is 16.0. The molecule has 0 aliphatic carbocycles. The molecule has 0 atom stereocenters. The Hall–Kier alpha value is -2.38. The Morgan fingerprint density at radius 1 is 0.926 bits per heavy atom. The lowest BCUT2D eigenvalue weighted by Gasteiger charge is -2.13. The van der Waals surface area contributed by atoms with Crippen LogP contribution in [0.3, 0.4) is 0 Å². The highest BCUT2D eigenvalue weighted by atomic mass is 32.2. The Bertz CT molecular complexity index is 862. The number of rotatable bonds is 8. The molecule has 3 N–H and O–H groups in total. The number of carbonyl (C=O) groups excluding carboxylic acids is 1. The first-order valence-corrected chi connectivity index (χ1v) is 10.5. The molecule has 0 bridgehead atoms. The Kier molecular flexibility index (Phi) is 7.38. The maximum Gasteiger partial charge on any atom is 0.315 e. The van der Waals surface area contributed by atoms with Crippen LogP contribution in [0.4, 0.5) is 4.79 Å². The van der Waals surface area contributed by atoms with E-state index >= 15 is 0 Å². The molecule has 0 saturated carbocycles. The summed E-state index contributed by atoms with van der Waals surface area (Å²) in [4.78, 5) is 12.0. The number of urea groups is 1. The molecule has 0 spiro atoms. The van der Waals surface area contributed by atoms with Gasteiger partial charge < -0.3 is 10.6 Å². The van der Waals surface area contributed by atoms with Crippen LogP contribution in [-0.2, 0) is 28.9 Å². The van der Waals surface area contributed by atoms with E-state index in [0.717, 1.165) is 11.1 Å². The second-order valence-corrected chi connectivity index (χ2v) is 8.58. The molecule has 0 radical (unpaired) electrons. The van der Waals surface area contributed by atoms with Gasteiger partial charge in [-0.25, -0.2) is 17.9 Å². The molecule has 27 heavy (non-hydrogen) atoms. The molecule has 0 aliphatic heterocycles. The summed E-state index contributed by atoms with van der Waals surface area (Å²) in [6.45, 7) is 6.26. The molecule has 0 saturated heterocycles. The minimum Gasteiger partial charge on any atom is -0.334 e. The van der Waals surface area contributed by atoms with E-state index in [1.54, 1.807) is 26.0 Å². The molecule has 0 fully saturated rings. The topological polar surface area (TPSA) is 87.3 Å². The third kappa shape index (κ3) is 7.40. The van der Waals surface area contributed by atoms with E-state index in [2.05, 4.69) is 15.4 Å². The summed E-state index contributed by atoms with van der Waals surface area (Å²) >= 11 is 0. The average Bonchev–Trinajstić information content (AvgIpc) is 2.59. The van der Waals surface area contributed by atoms with Gasteiger partial charge in [-0.1, -0.05) is 54.1 Å². The number of carbonyl (C=O) groups is 1. The van der Waals surface area contributed by atoms with Crippen molar-refractivity contribution in [1.82, 2.24) is 15.4 Å². The van der Waals surface area contributed by atoms with Crippen LogP contribution in [-0.4, -0.2) is 20.5 Å². The van der Waals surface area contributed by atoms with Crippen molar-refractivity contribution in [2.24, 2.45) is 0 Å². The number of sulfonamides is 1. The van der Waals surface area contributed by atoms with Crippen molar-refractivity contribution >= 4 is 16.1 Å². The third-order valence-electron chi connectivity index (χ3n) is 3.89. The quantitative estimate of drug-likeness (QED) is 0.649. The molecule has 0 unspecified atom stereocenters. The Labute approximate surface area is 161 Å². The van der Waals surface area contributed by atoms with E-state index in [4.69, 9.17) is 0 Å². The number of amides is 2. The second-order valence-electron chi connectivity index (χ2n) is 6.82. The van der Waals surface area contributed by atoms with E-state index in [9.17, 15) is 13.2 Å². The van der Waals surface area contributed by atoms with Gasteiger partial charge in [-0.05, 0) is 37.5 Å². The van der Waals surface area contributed by atoms with Crippen LogP contribution in [0.15, 0.2) is 48.5 Å². The van der Waals surface area contributed by atoms with Gasteiger partial charge >= 0.3 is 6.03 Å². The van der Waals surface area contributed by atoms with Gasteiger partial charge in [-0.15, -0.1) is 0 Å². The predicted octanol–water partition coefficient (Wildman–Crippen LogP) is 2.82. The molecular formula is C20H27N3O3S. The molecule has 2 aromatic carbocycles. The molecule has 6 nitrogen and oxygen atoms in total. The minimum atomic E-state index is -3.42. The van der Waals surface area contributed by atoms with Gasteiger partial charge in [-0.2, -0.15) is 0 Å². The molecule has 0 heterocycles. The molecule has 2 rings (SSSR count). The maximum absolute atomic E-state index is 12.2. The summed E-state index contributed by atoms with van der Waals surface area (Å²) < 4.78 is 26.9. The van der Waals surface area contributed by atoms with Crippen LogP contribution in [0.1, 0.15) is 36.1 Å². The van der Waals surface area contributed by atoms with Gasteiger partial charge in [0.15, 0.2) is 0 Å². The fourth-order valence-electron chi connectivity index (χ4n) is 2.60. The van der Waals surface area contributed by atoms with Gasteiger partial charge in [0.1, 0.15) is 0 Å². The molecule has 2 aromatic rings. The van der Waals surface area contributed by atoms with Crippen LogP contribution in [0.25, 0.3) is 0 Å².